The number of ether oxygens (including phenoxy) is 1. The third kappa shape index (κ3) is 3.75. The van der Waals surface area contributed by atoms with Gasteiger partial charge >= 0.3 is 0 Å². The van der Waals surface area contributed by atoms with Gasteiger partial charge in [0.05, 0.1) is 0 Å². The van der Waals surface area contributed by atoms with E-state index in [1.165, 1.54) is 24.3 Å². The lowest BCUT2D eigenvalue weighted by Gasteiger charge is -2.18. The van der Waals surface area contributed by atoms with E-state index in [1.54, 1.807) is 18.2 Å². The van der Waals surface area contributed by atoms with Crippen molar-refractivity contribution in [1.82, 2.24) is 0 Å². The van der Waals surface area contributed by atoms with Crippen LogP contribution in [0.3, 0.4) is 0 Å². The predicted molar refractivity (Wildman–Crippen MR) is 72.9 cm³/mol. The zero-order valence-electron chi connectivity index (χ0n) is 9.95. The highest BCUT2D eigenvalue weighted by Crippen LogP contribution is 2.25. The standard InChI is InChI=1S/C14H12BrF2NO/c15-10-5-12(17)7-13(6-10)19-14(8-18)9-1-3-11(16)4-2-9/h1-7,14H,8,18H2. The molecule has 0 aliphatic heterocycles. The molecule has 0 radical (unpaired) electrons. The van der Waals surface area contributed by atoms with E-state index >= 15 is 0 Å². The predicted octanol–water partition coefficient (Wildman–Crippen LogP) is 3.81. The van der Waals surface area contributed by atoms with Crippen LogP contribution in [0.4, 0.5) is 8.78 Å². The van der Waals surface area contributed by atoms with Crippen molar-refractivity contribution in [2.24, 2.45) is 5.73 Å². The monoisotopic (exact) mass is 327 g/mol. The Kier molecular flexibility index (Phi) is 4.50. The first kappa shape index (κ1) is 14.0. The van der Waals surface area contributed by atoms with Crippen LogP contribution in [0.15, 0.2) is 46.9 Å². The molecule has 0 spiro atoms. The van der Waals surface area contributed by atoms with Gasteiger partial charge < -0.3 is 10.5 Å². The molecule has 2 rings (SSSR count). The fourth-order valence-corrected chi connectivity index (χ4v) is 2.13. The molecular formula is C14H12BrF2NO. The highest BCUT2D eigenvalue weighted by Gasteiger charge is 2.12. The Labute approximate surface area is 118 Å². The Morgan fingerprint density at radius 3 is 2.32 bits per heavy atom. The first-order chi connectivity index (χ1) is 9.08. The molecule has 5 heteroatoms. The summed E-state index contributed by atoms with van der Waals surface area (Å²) >= 11 is 3.19. The van der Waals surface area contributed by atoms with E-state index in [4.69, 9.17) is 10.5 Å². The molecular weight excluding hydrogens is 316 g/mol. The lowest BCUT2D eigenvalue weighted by Crippen LogP contribution is -2.18. The van der Waals surface area contributed by atoms with Gasteiger partial charge in [-0.15, -0.1) is 0 Å². The normalized spacial score (nSPS) is 12.2. The highest BCUT2D eigenvalue weighted by atomic mass is 79.9. The van der Waals surface area contributed by atoms with Gasteiger partial charge in [0.2, 0.25) is 0 Å². The van der Waals surface area contributed by atoms with E-state index in [-0.39, 0.29) is 12.4 Å². The van der Waals surface area contributed by atoms with Gasteiger partial charge in [0, 0.05) is 17.1 Å². The molecule has 0 heterocycles. The van der Waals surface area contributed by atoms with Crippen molar-refractivity contribution < 1.29 is 13.5 Å². The summed E-state index contributed by atoms with van der Waals surface area (Å²) in [6.45, 7) is 0.208. The van der Waals surface area contributed by atoms with Gasteiger partial charge in [-0.1, -0.05) is 28.1 Å². The summed E-state index contributed by atoms with van der Waals surface area (Å²) in [6, 6.07) is 10.1. The highest BCUT2D eigenvalue weighted by molar-refractivity contribution is 9.10. The Bertz CT molecular complexity index is 540. The minimum Gasteiger partial charge on any atom is -0.484 e. The molecule has 0 bridgehead atoms. The molecule has 2 nitrogen and oxygen atoms in total. The lowest BCUT2D eigenvalue weighted by molar-refractivity contribution is 0.213. The molecule has 0 saturated heterocycles. The van der Waals surface area contributed by atoms with Crippen molar-refractivity contribution in [3.05, 3.63) is 64.1 Å². The summed E-state index contributed by atoms with van der Waals surface area (Å²) in [5, 5.41) is 0. The Balaban J connectivity index is 2.21. The summed E-state index contributed by atoms with van der Waals surface area (Å²) in [5.41, 5.74) is 6.38. The first-order valence-electron chi connectivity index (χ1n) is 5.67. The maximum atomic E-state index is 13.2. The third-order valence-corrected chi connectivity index (χ3v) is 3.03. The molecule has 2 aromatic carbocycles. The van der Waals surface area contributed by atoms with E-state index in [2.05, 4.69) is 15.9 Å². The van der Waals surface area contributed by atoms with Crippen molar-refractivity contribution in [3.8, 4) is 5.75 Å². The van der Waals surface area contributed by atoms with E-state index < -0.39 is 11.9 Å². The van der Waals surface area contributed by atoms with Gasteiger partial charge in [0.25, 0.3) is 0 Å². The molecule has 1 unspecified atom stereocenters. The van der Waals surface area contributed by atoms with Crippen molar-refractivity contribution >= 4 is 15.9 Å². The molecule has 0 aliphatic carbocycles. The second-order valence-corrected chi connectivity index (χ2v) is 4.91. The average Bonchev–Trinajstić information content (AvgIpc) is 2.36. The quantitative estimate of drug-likeness (QED) is 0.926. The van der Waals surface area contributed by atoms with Crippen LogP contribution >= 0.6 is 15.9 Å². The molecule has 2 N–H and O–H groups in total. The molecule has 100 valence electrons. The van der Waals surface area contributed by atoms with Gasteiger partial charge in [-0.2, -0.15) is 0 Å². The Morgan fingerprint density at radius 1 is 1.05 bits per heavy atom. The van der Waals surface area contributed by atoms with Crippen LogP contribution in [0.1, 0.15) is 11.7 Å². The fraction of sp³-hybridized carbons (Fsp3) is 0.143. The van der Waals surface area contributed by atoms with Crippen molar-refractivity contribution in [2.45, 2.75) is 6.10 Å². The van der Waals surface area contributed by atoms with Crippen LogP contribution in [-0.2, 0) is 0 Å². The summed E-state index contributed by atoms with van der Waals surface area (Å²) < 4.78 is 32.3. The second-order valence-electron chi connectivity index (χ2n) is 4.00. The number of halogens is 3. The van der Waals surface area contributed by atoms with Gasteiger partial charge in [0.15, 0.2) is 0 Å². The third-order valence-electron chi connectivity index (χ3n) is 2.57. The lowest BCUT2D eigenvalue weighted by atomic mass is 10.1. The molecule has 0 saturated carbocycles. The van der Waals surface area contributed by atoms with Crippen LogP contribution in [0.2, 0.25) is 0 Å². The number of hydrogen-bond acceptors (Lipinski definition) is 2. The molecule has 0 fully saturated rings. The zero-order chi connectivity index (χ0) is 13.8. The van der Waals surface area contributed by atoms with Crippen LogP contribution in [0, 0.1) is 11.6 Å². The van der Waals surface area contributed by atoms with Crippen LogP contribution in [0.5, 0.6) is 5.75 Å². The Morgan fingerprint density at radius 2 is 1.74 bits per heavy atom. The molecule has 2 aromatic rings. The smallest absolute Gasteiger partial charge is 0.136 e. The molecule has 0 aromatic heterocycles. The summed E-state index contributed by atoms with van der Waals surface area (Å²) in [5.74, 6) is -0.362. The van der Waals surface area contributed by atoms with Crippen molar-refractivity contribution in [3.63, 3.8) is 0 Å². The molecule has 0 aliphatic rings. The topological polar surface area (TPSA) is 35.2 Å². The maximum absolute atomic E-state index is 13.2. The summed E-state index contributed by atoms with van der Waals surface area (Å²) in [6.07, 6.45) is -0.450. The van der Waals surface area contributed by atoms with E-state index in [0.717, 1.165) is 5.56 Å². The SMILES string of the molecule is NCC(Oc1cc(F)cc(Br)c1)c1ccc(F)cc1. The Hall–Kier alpha value is -1.46. The van der Waals surface area contributed by atoms with Crippen LogP contribution in [0.25, 0.3) is 0 Å². The van der Waals surface area contributed by atoms with Crippen LogP contribution < -0.4 is 10.5 Å². The number of benzene rings is 2. The minimum atomic E-state index is -0.450. The minimum absolute atomic E-state index is 0.208. The molecule has 0 amide bonds. The second kappa shape index (κ2) is 6.12. The van der Waals surface area contributed by atoms with Crippen LogP contribution in [-0.4, -0.2) is 6.54 Å². The van der Waals surface area contributed by atoms with E-state index in [9.17, 15) is 8.78 Å². The molecule has 1 atom stereocenters. The van der Waals surface area contributed by atoms with Gasteiger partial charge in [-0.05, 0) is 29.8 Å². The number of nitrogens with two attached hydrogens (primary N) is 1. The van der Waals surface area contributed by atoms with Crippen molar-refractivity contribution in [2.75, 3.05) is 6.54 Å². The number of hydrogen-bond donors (Lipinski definition) is 1. The zero-order valence-corrected chi connectivity index (χ0v) is 11.5. The van der Waals surface area contributed by atoms with Gasteiger partial charge in [0.1, 0.15) is 23.5 Å². The fourth-order valence-electron chi connectivity index (χ4n) is 1.69. The summed E-state index contributed by atoms with van der Waals surface area (Å²) in [7, 11) is 0. The maximum Gasteiger partial charge on any atom is 0.136 e. The molecule has 19 heavy (non-hydrogen) atoms. The van der Waals surface area contributed by atoms with E-state index in [0.29, 0.717) is 10.2 Å². The summed E-state index contributed by atoms with van der Waals surface area (Å²) in [4.78, 5) is 0. The average molecular weight is 328 g/mol. The van der Waals surface area contributed by atoms with Gasteiger partial charge in [-0.25, -0.2) is 8.78 Å². The first-order valence-corrected chi connectivity index (χ1v) is 6.46. The number of rotatable bonds is 4. The van der Waals surface area contributed by atoms with E-state index in [1.807, 2.05) is 0 Å². The van der Waals surface area contributed by atoms with Gasteiger partial charge in [-0.3, -0.25) is 0 Å². The largest absolute Gasteiger partial charge is 0.484 e. The van der Waals surface area contributed by atoms with Crippen molar-refractivity contribution in [1.29, 1.82) is 0 Å².